The number of hydrogen-bond donors (Lipinski definition) is 0. The molecule has 0 spiro atoms. The highest BCUT2D eigenvalue weighted by Crippen LogP contribution is 2.18. The van der Waals surface area contributed by atoms with E-state index in [0.717, 1.165) is 17.7 Å². The Balaban J connectivity index is 1.91. The Kier molecular flexibility index (Phi) is 5.58. The van der Waals surface area contributed by atoms with E-state index in [1.54, 1.807) is 0 Å². The molecule has 0 saturated heterocycles. The summed E-state index contributed by atoms with van der Waals surface area (Å²) in [6.45, 7) is 9.53. The SMILES string of the molecule is CCN(CC1CC(c2ccc(C)cc2)=NO1)C(=O)CC(C)C. The molecule has 0 aromatic heterocycles. The second kappa shape index (κ2) is 7.43. The minimum Gasteiger partial charge on any atom is -0.390 e. The molecule has 22 heavy (non-hydrogen) atoms. The lowest BCUT2D eigenvalue weighted by Gasteiger charge is -2.24. The minimum atomic E-state index is -0.0348. The van der Waals surface area contributed by atoms with Gasteiger partial charge in [-0.25, -0.2) is 0 Å². The van der Waals surface area contributed by atoms with Crippen molar-refractivity contribution in [2.45, 2.75) is 46.6 Å². The van der Waals surface area contributed by atoms with Crippen molar-refractivity contribution in [3.8, 4) is 0 Å². The lowest BCUT2D eigenvalue weighted by molar-refractivity contribution is -0.133. The average molecular weight is 302 g/mol. The smallest absolute Gasteiger partial charge is 0.222 e. The molecule has 0 N–H and O–H groups in total. The Morgan fingerprint density at radius 1 is 1.36 bits per heavy atom. The van der Waals surface area contributed by atoms with Gasteiger partial charge in [0.1, 0.15) is 0 Å². The molecule has 4 nitrogen and oxygen atoms in total. The van der Waals surface area contributed by atoms with Crippen LogP contribution in [0.15, 0.2) is 29.4 Å². The van der Waals surface area contributed by atoms with Crippen molar-refractivity contribution in [2.75, 3.05) is 13.1 Å². The fourth-order valence-electron chi connectivity index (χ4n) is 2.57. The van der Waals surface area contributed by atoms with Crippen molar-refractivity contribution in [3.63, 3.8) is 0 Å². The maximum absolute atomic E-state index is 12.2. The maximum Gasteiger partial charge on any atom is 0.222 e. The maximum atomic E-state index is 12.2. The highest BCUT2D eigenvalue weighted by molar-refractivity contribution is 6.01. The van der Waals surface area contributed by atoms with Gasteiger partial charge in [0, 0.05) is 19.4 Å². The first kappa shape index (κ1) is 16.5. The van der Waals surface area contributed by atoms with Gasteiger partial charge in [-0.1, -0.05) is 48.8 Å². The first-order valence-corrected chi connectivity index (χ1v) is 8.07. The summed E-state index contributed by atoms with van der Waals surface area (Å²) in [7, 11) is 0. The van der Waals surface area contributed by atoms with E-state index in [9.17, 15) is 4.79 Å². The van der Waals surface area contributed by atoms with Gasteiger partial charge in [0.05, 0.1) is 12.3 Å². The summed E-state index contributed by atoms with van der Waals surface area (Å²) < 4.78 is 0. The van der Waals surface area contributed by atoms with Crippen molar-refractivity contribution in [1.82, 2.24) is 4.90 Å². The van der Waals surface area contributed by atoms with Gasteiger partial charge in [0.15, 0.2) is 6.10 Å². The van der Waals surface area contributed by atoms with E-state index in [1.807, 2.05) is 11.8 Å². The molecule has 1 atom stereocenters. The Labute approximate surface area is 133 Å². The van der Waals surface area contributed by atoms with Crippen LogP contribution in [0.25, 0.3) is 0 Å². The molecule has 1 aliphatic heterocycles. The average Bonchev–Trinajstić information content (AvgIpc) is 2.93. The number of aryl methyl sites for hydroxylation is 1. The van der Waals surface area contributed by atoms with Gasteiger partial charge < -0.3 is 9.74 Å². The molecule has 1 amide bonds. The normalized spacial score (nSPS) is 17.3. The van der Waals surface area contributed by atoms with Crippen LogP contribution < -0.4 is 0 Å². The number of likely N-dealkylation sites (N-methyl/N-ethyl adjacent to an activating group) is 1. The van der Waals surface area contributed by atoms with Gasteiger partial charge in [0.2, 0.25) is 5.91 Å². The van der Waals surface area contributed by atoms with Crippen molar-refractivity contribution in [1.29, 1.82) is 0 Å². The van der Waals surface area contributed by atoms with Crippen molar-refractivity contribution in [2.24, 2.45) is 11.1 Å². The number of amides is 1. The van der Waals surface area contributed by atoms with E-state index in [1.165, 1.54) is 5.56 Å². The Morgan fingerprint density at radius 2 is 2.05 bits per heavy atom. The highest BCUT2D eigenvalue weighted by atomic mass is 16.6. The number of rotatable bonds is 6. The summed E-state index contributed by atoms with van der Waals surface area (Å²) in [6.07, 6.45) is 1.31. The molecule has 0 fully saturated rings. The lowest BCUT2D eigenvalue weighted by atomic mass is 10.0. The molecule has 1 aromatic carbocycles. The van der Waals surface area contributed by atoms with E-state index < -0.39 is 0 Å². The summed E-state index contributed by atoms with van der Waals surface area (Å²) in [5.41, 5.74) is 3.30. The van der Waals surface area contributed by atoms with E-state index in [2.05, 4.69) is 50.2 Å². The molecular weight excluding hydrogens is 276 g/mol. The van der Waals surface area contributed by atoms with Crippen LogP contribution in [-0.2, 0) is 9.63 Å². The summed E-state index contributed by atoms with van der Waals surface area (Å²) >= 11 is 0. The number of nitrogens with zero attached hydrogens (tertiary/aromatic N) is 2. The van der Waals surface area contributed by atoms with Gasteiger partial charge in [0.25, 0.3) is 0 Å². The van der Waals surface area contributed by atoms with Crippen LogP contribution in [0.2, 0.25) is 0 Å². The number of oxime groups is 1. The Bertz CT molecular complexity index is 535. The van der Waals surface area contributed by atoms with Gasteiger partial charge >= 0.3 is 0 Å². The molecule has 0 aliphatic carbocycles. The zero-order valence-corrected chi connectivity index (χ0v) is 14.0. The van der Waals surface area contributed by atoms with E-state index in [4.69, 9.17) is 4.84 Å². The third-order valence-corrected chi connectivity index (χ3v) is 3.86. The zero-order chi connectivity index (χ0) is 16.1. The quantitative estimate of drug-likeness (QED) is 0.808. The molecule has 1 aromatic rings. The van der Waals surface area contributed by atoms with E-state index >= 15 is 0 Å². The summed E-state index contributed by atoms with van der Waals surface area (Å²) in [5.74, 6) is 0.579. The van der Waals surface area contributed by atoms with Gasteiger partial charge in [-0.05, 0) is 25.3 Å². The molecule has 2 rings (SSSR count). The van der Waals surface area contributed by atoms with Crippen molar-refractivity contribution in [3.05, 3.63) is 35.4 Å². The number of carbonyl (C=O) groups is 1. The van der Waals surface area contributed by atoms with Crippen LogP contribution in [0.5, 0.6) is 0 Å². The van der Waals surface area contributed by atoms with Crippen LogP contribution in [0.1, 0.15) is 44.7 Å². The summed E-state index contributed by atoms with van der Waals surface area (Å²) in [4.78, 5) is 19.6. The predicted octanol–water partition coefficient (Wildman–Crippen LogP) is 3.38. The predicted molar refractivity (Wildman–Crippen MR) is 88.9 cm³/mol. The second-order valence-corrected chi connectivity index (χ2v) is 6.37. The van der Waals surface area contributed by atoms with Crippen LogP contribution in [0.4, 0.5) is 0 Å². The first-order valence-electron chi connectivity index (χ1n) is 8.07. The van der Waals surface area contributed by atoms with E-state index in [0.29, 0.717) is 25.4 Å². The first-order chi connectivity index (χ1) is 10.5. The van der Waals surface area contributed by atoms with Crippen LogP contribution in [0.3, 0.4) is 0 Å². The summed E-state index contributed by atoms with van der Waals surface area (Å²) in [6, 6.07) is 8.30. The standard InChI is InChI=1S/C18H26N2O2/c1-5-20(18(21)10-13(2)3)12-16-11-17(19-22-16)15-8-6-14(4)7-9-15/h6-9,13,16H,5,10-12H2,1-4H3. The molecule has 1 unspecified atom stereocenters. The van der Waals surface area contributed by atoms with Crippen LogP contribution >= 0.6 is 0 Å². The van der Waals surface area contributed by atoms with Gasteiger partial charge in [-0.2, -0.15) is 0 Å². The minimum absolute atomic E-state index is 0.0348. The van der Waals surface area contributed by atoms with E-state index in [-0.39, 0.29) is 12.0 Å². The fourth-order valence-corrected chi connectivity index (χ4v) is 2.57. The van der Waals surface area contributed by atoms with Crippen molar-refractivity contribution >= 4 is 11.6 Å². The molecule has 0 bridgehead atoms. The highest BCUT2D eigenvalue weighted by Gasteiger charge is 2.26. The lowest BCUT2D eigenvalue weighted by Crippen LogP contribution is -2.38. The third-order valence-electron chi connectivity index (χ3n) is 3.86. The van der Waals surface area contributed by atoms with Gasteiger partial charge in [-0.3, -0.25) is 4.79 Å². The monoisotopic (exact) mass is 302 g/mol. The molecule has 4 heteroatoms. The second-order valence-electron chi connectivity index (χ2n) is 6.37. The Morgan fingerprint density at radius 3 is 2.64 bits per heavy atom. The topological polar surface area (TPSA) is 41.9 Å². The fraction of sp³-hybridized carbons (Fsp3) is 0.556. The molecule has 1 aliphatic rings. The number of carbonyl (C=O) groups excluding carboxylic acids is 1. The Hall–Kier alpha value is -1.84. The molecular formula is C18H26N2O2. The molecule has 1 heterocycles. The van der Waals surface area contributed by atoms with Gasteiger partial charge in [-0.15, -0.1) is 0 Å². The summed E-state index contributed by atoms with van der Waals surface area (Å²) in [5, 5.41) is 4.20. The number of benzene rings is 1. The third kappa shape index (κ3) is 4.33. The molecule has 120 valence electrons. The zero-order valence-electron chi connectivity index (χ0n) is 14.0. The molecule has 0 radical (unpaired) electrons. The van der Waals surface area contributed by atoms with Crippen LogP contribution in [0, 0.1) is 12.8 Å². The molecule has 0 saturated carbocycles. The van der Waals surface area contributed by atoms with Crippen LogP contribution in [-0.4, -0.2) is 35.7 Å². The largest absolute Gasteiger partial charge is 0.390 e. The number of hydrogen-bond acceptors (Lipinski definition) is 3. The van der Waals surface area contributed by atoms with Crippen molar-refractivity contribution < 1.29 is 9.63 Å².